The van der Waals surface area contributed by atoms with Crippen LogP contribution in [0, 0.1) is 10.1 Å². The number of nitrogens with zero attached hydrogens (tertiary/aromatic N) is 2. The van der Waals surface area contributed by atoms with Crippen molar-refractivity contribution < 1.29 is 19.2 Å². The Morgan fingerprint density at radius 3 is 2.63 bits per heavy atom. The Bertz CT molecular complexity index is 959. The van der Waals surface area contributed by atoms with E-state index in [9.17, 15) is 14.9 Å². The van der Waals surface area contributed by atoms with Gasteiger partial charge in [0.15, 0.2) is 5.70 Å². The first-order valence-corrected chi connectivity index (χ1v) is 8.23. The molecule has 136 valence electrons. The van der Waals surface area contributed by atoms with Crippen LogP contribution in [-0.2, 0) is 9.53 Å². The van der Waals surface area contributed by atoms with Gasteiger partial charge in [-0.05, 0) is 42.3 Å². The molecule has 0 spiro atoms. The van der Waals surface area contributed by atoms with Gasteiger partial charge in [0, 0.05) is 18.2 Å². The first-order chi connectivity index (χ1) is 13.0. The molecule has 0 atom stereocenters. The quantitative estimate of drug-likeness (QED) is 0.334. The summed E-state index contributed by atoms with van der Waals surface area (Å²) in [5.74, 6) is 0.323. The number of benzene rings is 2. The first kappa shape index (κ1) is 18.1. The number of esters is 1. The predicted octanol–water partition coefficient (Wildman–Crippen LogP) is 4.00. The number of rotatable bonds is 6. The average Bonchev–Trinajstić information content (AvgIpc) is 3.01. The summed E-state index contributed by atoms with van der Waals surface area (Å²) in [4.78, 5) is 26.4. The van der Waals surface area contributed by atoms with E-state index < -0.39 is 10.9 Å². The highest BCUT2D eigenvalue weighted by atomic mass is 16.6. The van der Waals surface area contributed by atoms with Gasteiger partial charge >= 0.3 is 5.97 Å². The molecule has 0 unspecified atom stereocenters. The third-order valence-electron chi connectivity index (χ3n) is 3.63. The third kappa shape index (κ3) is 4.66. The molecule has 1 aliphatic heterocycles. The molecule has 7 heteroatoms. The Morgan fingerprint density at radius 1 is 1.15 bits per heavy atom. The van der Waals surface area contributed by atoms with E-state index in [1.54, 1.807) is 24.3 Å². The van der Waals surface area contributed by atoms with Crippen molar-refractivity contribution in [3.8, 4) is 5.75 Å². The maximum Gasteiger partial charge on any atom is 0.363 e. The summed E-state index contributed by atoms with van der Waals surface area (Å²) in [5.41, 5.74) is 1.56. The van der Waals surface area contributed by atoms with Crippen LogP contribution < -0.4 is 4.74 Å². The minimum absolute atomic E-state index is 0.0152. The van der Waals surface area contributed by atoms with Crippen LogP contribution in [0.2, 0.25) is 0 Å². The van der Waals surface area contributed by atoms with E-state index in [0.29, 0.717) is 12.2 Å². The molecule has 0 fully saturated rings. The lowest BCUT2D eigenvalue weighted by Gasteiger charge is -2.02. The smallest absolute Gasteiger partial charge is 0.363 e. The largest absolute Gasteiger partial charge is 0.494 e. The summed E-state index contributed by atoms with van der Waals surface area (Å²) in [7, 11) is 0. The predicted molar refractivity (Wildman–Crippen MR) is 101 cm³/mol. The van der Waals surface area contributed by atoms with Crippen LogP contribution >= 0.6 is 0 Å². The normalized spacial score (nSPS) is 15.1. The van der Waals surface area contributed by atoms with Crippen LogP contribution in [0.5, 0.6) is 5.75 Å². The number of hydrogen-bond acceptors (Lipinski definition) is 6. The second kappa shape index (κ2) is 8.09. The zero-order chi connectivity index (χ0) is 19.2. The molecule has 0 N–H and O–H groups in total. The van der Waals surface area contributed by atoms with Gasteiger partial charge in [-0.25, -0.2) is 9.79 Å². The molecule has 3 rings (SSSR count). The van der Waals surface area contributed by atoms with Gasteiger partial charge < -0.3 is 9.47 Å². The Kier molecular flexibility index (Phi) is 5.41. The van der Waals surface area contributed by atoms with Crippen molar-refractivity contribution in [2.24, 2.45) is 4.99 Å². The molecule has 2 aromatic rings. The standard InChI is InChI=1S/C20H16N2O5/c1-2-26-17-9-6-15(7-10-17)13-18-20(23)27-19(21-18)11-8-14-4-3-5-16(12-14)22(24)25/h3-13H,2H2,1H3/b11-8-,18-13+. The zero-order valence-electron chi connectivity index (χ0n) is 14.5. The van der Waals surface area contributed by atoms with Gasteiger partial charge in [-0.3, -0.25) is 10.1 Å². The zero-order valence-corrected chi connectivity index (χ0v) is 14.5. The maximum atomic E-state index is 12.0. The number of carbonyl (C=O) groups excluding carboxylic acids is 1. The molecule has 7 nitrogen and oxygen atoms in total. The first-order valence-electron chi connectivity index (χ1n) is 8.23. The average molecular weight is 364 g/mol. The van der Waals surface area contributed by atoms with Crippen molar-refractivity contribution >= 4 is 29.7 Å². The minimum atomic E-state index is -0.553. The molecule has 1 heterocycles. The molecule has 0 bridgehead atoms. The van der Waals surface area contributed by atoms with Crippen molar-refractivity contribution in [1.82, 2.24) is 0 Å². The number of non-ortho nitro benzene ring substituents is 1. The minimum Gasteiger partial charge on any atom is -0.494 e. The lowest BCUT2D eigenvalue weighted by atomic mass is 10.2. The van der Waals surface area contributed by atoms with Crippen LogP contribution in [0.3, 0.4) is 0 Å². The molecule has 0 radical (unpaired) electrons. The fourth-order valence-electron chi connectivity index (χ4n) is 2.39. The summed E-state index contributed by atoms with van der Waals surface area (Å²) in [5, 5.41) is 10.8. The fourth-order valence-corrected chi connectivity index (χ4v) is 2.39. The van der Waals surface area contributed by atoms with Gasteiger partial charge in [-0.15, -0.1) is 0 Å². The molecule has 0 amide bonds. The van der Waals surface area contributed by atoms with Crippen LogP contribution in [0.25, 0.3) is 12.2 Å². The number of nitro groups is 1. The highest BCUT2D eigenvalue weighted by Crippen LogP contribution is 2.19. The van der Waals surface area contributed by atoms with E-state index >= 15 is 0 Å². The lowest BCUT2D eigenvalue weighted by Crippen LogP contribution is -2.01. The van der Waals surface area contributed by atoms with Crippen molar-refractivity contribution in [2.45, 2.75) is 6.92 Å². The van der Waals surface area contributed by atoms with E-state index in [4.69, 9.17) is 9.47 Å². The van der Waals surface area contributed by atoms with E-state index in [2.05, 4.69) is 4.99 Å². The third-order valence-corrected chi connectivity index (χ3v) is 3.63. The summed E-state index contributed by atoms with van der Waals surface area (Å²) in [6.07, 6.45) is 4.71. The topological polar surface area (TPSA) is 91.0 Å². The highest BCUT2D eigenvalue weighted by Gasteiger charge is 2.21. The van der Waals surface area contributed by atoms with Crippen molar-refractivity contribution in [2.75, 3.05) is 6.61 Å². The van der Waals surface area contributed by atoms with Crippen molar-refractivity contribution in [3.63, 3.8) is 0 Å². The summed E-state index contributed by atoms with van der Waals surface area (Å²) < 4.78 is 10.5. The van der Waals surface area contributed by atoms with Gasteiger partial charge in [0.2, 0.25) is 5.90 Å². The number of nitro benzene ring substituents is 1. The van der Waals surface area contributed by atoms with Gasteiger partial charge in [0.1, 0.15) is 5.75 Å². The van der Waals surface area contributed by atoms with Crippen LogP contribution in [0.4, 0.5) is 5.69 Å². The highest BCUT2D eigenvalue weighted by molar-refractivity contribution is 6.11. The Balaban J connectivity index is 1.75. The molecular weight excluding hydrogens is 348 g/mol. The van der Waals surface area contributed by atoms with Crippen LogP contribution in [0.15, 0.2) is 65.3 Å². The van der Waals surface area contributed by atoms with Crippen LogP contribution in [0.1, 0.15) is 18.1 Å². The molecule has 0 aromatic heterocycles. The summed E-state index contributed by atoms with van der Waals surface area (Å²) in [6, 6.07) is 13.4. The number of cyclic esters (lactones) is 1. The molecular formula is C20H16N2O5. The van der Waals surface area contributed by atoms with Gasteiger partial charge in [0.05, 0.1) is 11.5 Å². The van der Waals surface area contributed by atoms with E-state index in [-0.39, 0.29) is 17.3 Å². The molecule has 27 heavy (non-hydrogen) atoms. The second-order valence-corrected chi connectivity index (χ2v) is 5.56. The second-order valence-electron chi connectivity index (χ2n) is 5.56. The molecule has 0 aliphatic carbocycles. The Hall–Kier alpha value is -3.74. The molecule has 0 saturated heterocycles. The van der Waals surface area contributed by atoms with Crippen molar-refractivity contribution in [1.29, 1.82) is 0 Å². The monoisotopic (exact) mass is 364 g/mol. The van der Waals surface area contributed by atoms with Gasteiger partial charge in [-0.1, -0.05) is 24.3 Å². The van der Waals surface area contributed by atoms with E-state index in [0.717, 1.165) is 11.3 Å². The number of ether oxygens (including phenoxy) is 2. The maximum absolute atomic E-state index is 12.0. The molecule has 2 aromatic carbocycles. The van der Waals surface area contributed by atoms with Crippen molar-refractivity contribution in [3.05, 3.63) is 81.5 Å². The number of carbonyl (C=O) groups is 1. The molecule has 1 aliphatic rings. The molecule has 0 saturated carbocycles. The SMILES string of the molecule is CCOc1ccc(/C=C2N=C(/C=C\c3cccc([N+](=O)[O-])c3)OC/2=O)cc1. The van der Waals surface area contributed by atoms with Gasteiger partial charge in [-0.2, -0.15) is 0 Å². The lowest BCUT2D eigenvalue weighted by molar-refractivity contribution is -0.384. The van der Waals surface area contributed by atoms with Crippen LogP contribution in [-0.4, -0.2) is 23.4 Å². The number of aliphatic imine (C=N–C) groups is 1. The van der Waals surface area contributed by atoms with E-state index in [1.165, 1.54) is 18.2 Å². The van der Waals surface area contributed by atoms with E-state index in [1.807, 2.05) is 31.2 Å². The number of hydrogen-bond donors (Lipinski definition) is 0. The summed E-state index contributed by atoms with van der Waals surface area (Å²) >= 11 is 0. The van der Waals surface area contributed by atoms with Gasteiger partial charge in [0.25, 0.3) is 5.69 Å². The Labute approximate surface area is 155 Å². The summed E-state index contributed by atoms with van der Waals surface area (Å²) in [6.45, 7) is 2.49. The fraction of sp³-hybridized carbons (Fsp3) is 0.100. The Morgan fingerprint density at radius 2 is 1.93 bits per heavy atom.